The van der Waals surface area contributed by atoms with E-state index in [1.165, 1.54) is 0 Å². The van der Waals surface area contributed by atoms with Gasteiger partial charge >= 0.3 is 0 Å². The van der Waals surface area contributed by atoms with Crippen molar-refractivity contribution in [3.05, 3.63) is 37.1 Å². The highest BCUT2D eigenvalue weighted by molar-refractivity contribution is 5.85. The fourth-order valence-electron chi connectivity index (χ4n) is 1.43. The predicted molar refractivity (Wildman–Crippen MR) is 56.4 cm³/mol. The number of benzene rings is 1. The Morgan fingerprint density at radius 1 is 1.57 bits per heavy atom. The molecule has 0 fully saturated rings. The molecule has 14 heavy (non-hydrogen) atoms. The van der Waals surface area contributed by atoms with Gasteiger partial charge in [0.15, 0.2) is 0 Å². The number of aromatic nitrogens is 2. The number of ether oxygens (including phenoxy) is 1. The monoisotopic (exact) mass is 188 g/mol. The molecular weight excluding hydrogens is 176 g/mol. The summed E-state index contributed by atoms with van der Waals surface area (Å²) < 4.78 is 7.34. The Kier molecular flexibility index (Phi) is 2.23. The third-order valence-electron chi connectivity index (χ3n) is 2.11. The van der Waals surface area contributed by atoms with Crippen molar-refractivity contribution in [3.8, 4) is 5.75 Å². The minimum Gasteiger partial charge on any atom is -0.489 e. The van der Waals surface area contributed by atoms with Crippen LogP contribution in [0.1, 0.15) is 0 Å². The molecule has 0 atom stereocenters. The molecule has 2 rings (SSSR count). The highest BCUT2D eigenvalue weighted by Gasteiger charge is 2.04. The largest absolute Gasteiger partial charge is 0.489 e. The second kappa shape index (κ2) is 3.54. The first-order valence-corrected chi connectivity index (χ1v) is 4.47. The average molecular weight is 188 g/mol. The maximum absolute atomic E-state index is 5.51. The van der Waals surface area contributed by atoms with Gasteiger partial charge in [0.2, 0.25) is 0 Å². The van der Waals surface area contributed by atoms with Crippen LogP contribution >= 0.6 is 0 Å². The van der Waals surface area contributed by atoms with Gasteiger partial charge in [0.1, 0.15) is 12.4 Å². The number of nitrogens with zero attached hydrogens (tertiary/aromatic N) is 2. The Bertz CT molecular complexity index is 459. The van der Waals surface area contributed by atoms with Crippen LogP contribution in [-0.4, -0.2) is 16.4 Å². The van der Waals surface area contributed by atoms with Crippen LogP contribution in [0.25, 0.3) is 10.9 Å². The highest BCUT2D eigenvalue weighted by atomic mass is 16.5. The predicted octanol–water partition coefficient (Wildman–Crippen LogP) is 2.14. The summed E-state index contributed by atoms with van der Waals surface area (Å²) in [5.74, 6) is 0.857. The molecule has 1 aromatic heterocycles. The van der Waals surface area contributed by atoms with Gasteiger partial charge in [-0.1, -0.05) is 18.7 Å². The van der Waals surface area contributed by atoms with E-state index >= 15 is 0 Å². The van der Waals surface area contributed by atoms with Crippen molar-refractivity contribution < 1.29 is 4.74 Å². The normalized spacial score (nSPS) is 10.4. The lowest BCUT2D eigenvalue weighted by Gasteiger charge is -2.03. The third kappa shape index (κ3) is 1.37. The van der Waals surface area contributed by atoms with Crippen molar-refractivity contribution in [2.75, 3.05) is 6.61 Å². The first-order chi connectivity index (χ1) is 6.83. The third-order valence-corrected chi connectivity index (χ3v) is 2.11. The van der Waals surface area contributed by atoms with Gasteiger partial charge in [-0.25, -0.2) is 0 Å². The van der Waals surface area contributed by atoms with Crippen LogP contribution in [0.15, 0.2) is 37.1 Å². The Labute approximate surface area is 82.6 Å². The lowest BCUT2D eigenvalue weighted by Crippen LogP contribution is -1.93. The van der Waals surface area contributed by atoms with E-state index in [0.29, 0.717) is 6.61 Å². The molecule has 0 spiro atoms. The van der Waals surface area contributed by atoms with Crippen LogP contribution in [0.3, 0.4) is 0 Å². The summed E-state index contributed by atoms with van der Waals surface area (Å²) in [4.78, 5) is 0. The van der Waals surface area contributed by atoms with E-state index in [4.69, 9.17) is 4.74 Å². The van der Waals surface area contributed by atoms with E-state index in [-0.39, 0.29) is 0 Å². The van der Waals surface area contributed by atoms with Gasteiger partial charge in [0, 0.05) is 7.05 Å². The van der Waals surface area contributed by atoms with Gasteiger partial charge in [0.25, 0.3) is 0 Å². The second-order valence-corrected chi connectivity index (χ2v) is 3.06. The number of fused-ring (bicyclic) bond motifs is 1. The highest BCUT2D eigenvalue weighted by Crippen LogP contribution is 2.24. The molecule has 0 saturated carbocycles. The lowest BCUT2D eigenvalue weighted by atomic mass is 10.2. The maximum atomic E-state index is 5.51. The smallest absolute Gasteiger partial charge is 0.130 e. The standard InChI is InChI=1S/C11H12N2O/c1-3-7-14-11-6-4-5-10-9(11)8-12-13(10)2/h3-6,8H,1,7H2,2H3. The summed E-state index contributed by atoms with van der Waals surface area (Å²) in [6.45, 7) is 4.14. The minimum absolute atomic E-state index is 0.522. The molecule has 0 saturated heterocycles. The van der Waals surface area contributed by atoms with Gasteiger partial charge in [-0.15, -0.1) is 0 Å². The molecule has 2 aromatic rings. The Morgan fingerprint density at radius 3 is 3.21 bits per heavy atom. The molecule has 0 unspecified atom stereocenters. The second-order valence-electron chi connectivity index (χ2n) is 3.06. The zero-order valence-corrected chi connectivity index (χ0v) is 8.10. The molecule has 0 radical (unpaired) electrons. The molecule has 0 amide bonds. The summed E-state index contributed by atoms with van der Waals surface area (Å²) in [5.41, 5.74) is 1.08. The van der Waals surface area contributed by atoms with Crippen molar-refractivity contribution in [2.24, 2.45) is 7.05 Å². The molecule has 1 heterocycles. The summed E-state index contributed by atoms with van der Waals surface area (Å²) in [7, 11) is 1.92. The van der Waals surface area contributed by atoms with E-state index < -0.39 is 0 Å². The minimum atomic E-state index is 0.522. The van der Waals surface area contributed by atoms with Crippen LogP contribution in [-0.2, 0) is 7.05 Å². The van der Waals surface area contributed by atoms with E-state index in [1.807, 2.05) is 36.1 Å². The van der Waals surface area contributed by atoms with Crippen molar-refractivity contribution in [2.45, 2.75) is 0 Å². The SMILES string of the molecule is C=CCOc1cccc2c1cnn2C. The summed E-state index contributed by atoms with van der Waals surface area (Å²) in [6, 6.07) is 5.92. The van der Waals surface area contributed by atoms with Crippen molar-refractivity contribution in [1.29, 1.82) is 0 Å². The molecule has 0 aliphatic heterocycles. The summed E-state index contributed by atoms with van der Waals surface area (Å²) in [5, 5.41) is 5.21. The van der Waals surface area contributed by atoms with Crippen molar-refractivity contribution >= 4 is 10.9 Å². The van der Waals surface area contributed by atoms with Crippen molar-refractivity contribution in [1.82, 2.24) is 9.78 Å². The van der Waals surface area contributed by atoms with E-state index in [0.717, 1.165) is 16.7 Å². The maximum Gasteiger partial charge on any atom is 0.130 e. The zero-order valence-electron chi connectivity index (χ0n) is 8.10. The van der Waals surface area contributed by atoms with E-state index in [1.54, 1.807) is 6.08 Å². The van der Waals surface area contributed by atoms with Crippen LogP contribution in [0.2, 0.25) is 0 Å². The molecule has 0 aliphatic carbocycles. The number of hydrogen-bond donors (Lipinski definition) is 0. The Morgan fingerprint density at radius 2 is 2.43 bits per heavy atom. The van der Waals surface area contributed by atoms with Gasteiger partial charge < -0.3 is 4.74 Å². The van der Waals surface area contributed by atoms with Gasteiger partial charge in [0.05, 0.1) is 17.1 Å². The quantitative estimate of drug-likeness (QED) is 0.690. The molecule has 0 N–H and O–H groups in total. The Hall–Kier alpha value is -1.77. The molecule has 3 heteroatoms. The molecule has 0 bridgehead atoms. The van der Waals surface area contributed by atoms with Crippen LogP contribution in [0.5, 0.6) is 5.75 Å². The summed E-state index contributed by atoms with van der Waals surface area (Å²) in [6.07, 6.45) is 3.54. The first-order valence-electron chi connectivity index (χ1n) is 4.47. The van der Waals surface area contributed by atoms with Crippen molar-refractivity contribution in [3.63, 3.8) is 0 Å². The van der Waals surface area contributed by atoms with Crippen LogP contribution < -0.4 is 4.74 Å². The molecule has 3 nitrogen and oxygen atoms in total. The molecule has 72 valence electrons. The fraction of sp³-hybridized carbons (Fsp3) is 0.182. The fourth-order valence-corrected chi connectivity index (χ4v) is 1.43. The van der Waals surface area contributed by atoms with Crippen LogP contribution in [0, 0.1) is 0 Å². The van der Waals surface area contributed by atoms with Gasteiger partial charge in [-0.3, -0.25) is 4.68 Å². The number of aryl methyl sites for hydroxylation is 1. The zero-order chi connectivity index (χ0) is 9.97. The lowest BCUT2D eigenvalue weighted by molar-refractivity contribution is 0.367. The first kappa shape index (κ1) is 8.81. The van der Waals surface area contributed by atoms with E-state index in [2.05, 4.69) is 11.7 Å². The molecular formula is C11H12N2O. The Balaban J connectivity index is 2.48. The van der Waals surface area contributed by atoms with Gasteiger partial charge in [-0.2, -0.15) is 5.10 Å². The summed E-state index contributed by atoms with van der Waals surface area (Å²) >= 11 is 0. The van der Waals surface area contributed by atoms with E-state index in [9.17, 15) is 0 Å². The average Bonchev–Trinajstić information content (AvgIpc) is 2.58. The molecule has 0 aliphatic rings. The number of hydrogen-bond acceptors (Lipinski definition) is 2. The number of rotatable bonds is 3. The molecule has 1 aromatic carbocycles. The van der Waals surface area contributed by atoms with Gasteiger partial charge in [-0.05, 0) is 12.1 Å². The van der Waals surface area contributed by atoms with Crippen LogP contribution in [0.4, 0.5) is 0 Å². The topological polar surface area (TPSA) is 27.1 Å².